The van der Waals surface area contributed by atoms with E-state index in [9.17, 15) is 9.59 Å². The van der Waals surface area contributed by atoms with E-state index in [1.807, 2.05) is 24.3 Å². The zero-order chi connectivity index (χ0) is 15.4. The highest BCUT2D eigenvalue weighted by molar-refractivity contribution is 7.83. The summed E-state index contributed by atoms with van der Waals surface area (Å²) < 4.78 is 9.14. The molecule has 112 valence electrons. The molecule has 0 heterocycles. The Labute approximate surface area is 140 Å². The Hall–Kier alpha value is -0.440. The molecule has 0 fully saturated rings. The molecule has 0 bridgehead atoms. The van der Waals surface area contributed by atoms with Gasteiger partial charge in [-0.1, -0.05) is 12.1 Å². The number of esters is 2. The van der Waals surface area contributed by atoms with Gasteiger partial charge in [0.1, 0.15) is 13.2 Å². The molecule has 0 unspecified atom stereocenters. The van der Waals surface area contributed by atoms with Gasteiger partial charge < -0.3 is 9.47 Å². The third kappa shape index (κ3) is 10.4. The second kappa shape index (κ2) is 12.3. The van der Waals surface area contributed by atoms with Crippen LogP contribution in [0.5, 0.6) is 0 Å². The summed E-state index contributed by atoms with van der Waals surface area (Å²) in [5.74, 6) is -0.804. The molecule has 0 saturated carbocycles. The Kier molecular flexibility index (Phi) is 12.0. The number of carbonyl (C=O) groups is 2. The molecule has 0 aliphatic heterocycles. The minimum Gasteiger partial charge on any atom is -0.461 e. The molecule has 0 aliphatic carbocycles. The summed E-state index contributed by atoms with van der Waals surface area (Å²) in [5.41, 5.74) is 0. The fourth-order valence-electron chi connectivity index (χ4n) is 0.866. The number of hydrogen-bond acceptors (Lipinski definition) is 8. The SMILES string of the molecule is O=C(CS)OCCOC(=O)CS.Sc1ccccc1S. The molecular formula is C12H16O4S4. The second-order valence-electron chi connectivity index (χ2n) is 3.25. The van der Waals surface area contributed by atoms with Gasteiger partial charge in [-0.15, -0.1) is 25.3 Å². The molecule has 0 radical (unpaired) electrons. The first-order valence-electron chi connectivity index (χ1n) is 5.51. The lowest BCUT2D eigenvalue weighted by Gasteiger charge is -2.03. The second-order valence-corrected chi connectivity index (χ2v) is 4.84. The van der Waals surface area contributed by atoms with E-state index in [1.54, 1.807) is 0 Å². The monoisotopic (exact) mass is 352 g/mol. The Bertz CT molecular complexity index is 387. The third-order valence-corrected chi connectivity index (χ3v) is 3.22. The van der Waals surface area contributed by atoms with Crippen LogP contribution in [0.25, 0.3) is 0 Å². The van der Waals surface area contributed by atoms with Gasteiger partial charge in [-0.2, -0.15) is 25.3 Å². The van der Waals surface area contributed by atoms with E-state index >= 15 is 0 Å². The fourth-order valence-corrected chi connectivity index (χ4v) is 1.37. The smallest absolute Gasteiger partial charge is 0.315 e. The van der Waals surface area contributed by atoms with Crippen molar-refractivity contribution in [3.05, 3.63) is 24.3 Å². The highest BCUT2D eigenvalue weighted by atomic mass is 32.1. The van der Waals surface area contributed by atoms with Gasteiger partial charge in [0, 0.05) is 9.79 Å². The molecule has 1 rings (SSSR count). The van der Waals surface area contributed by atoms with Crippen molar-refractivity contribution in [2.75, 3.05) is 24.7 Å². The van der Waals surface area contributed by atoms with Gasteiger partial charge in [0.05, 0.1) is 11.5 Å². The Balaban J connectivity index is 0.000000388. The van der Waals surface area contributed by atoms with Crippen molar-refractivity contribution in [2.24, 2.45) is 0 Å². The first-order valence-corrected chi connectivity index (χ1v) is 7.67. The summed E-state index contributed by atoms with van der Waals surface area (Å²) in [7, 11) is 0. The van der Waals surface area contributed by atoms with Gasteiger partial charge in [-0.05, 0) is 12.1 Å². The quantitative estimate of drug-likeness (QED) is 0.373. The van der Waals surface area contributed by atoms with Crippen LogP contribution in [0.2, 0.25) is 0 Å². The highest BCUT2D eigenvalue weighted by Gasteiger charge is 2.00. The number of rotatable bonds is 5. The standard InChI is InChI=1S/C6H10O4S2.C6H6S2/c7-5(3-11)9-1-2-10-6(8)4-12;7-5-3-1-2-4-6(5)8/h11-12H,1-4H2;1-4,7-8H. The minimum absolute atomic E-state index is 0.0283. The zero-order valence-electron chi connectivity index (χ0n) is 10.6. The molecule has 0 aliphatic rings. The van der Waals surface area contributed by atoms with Crippen molar-refractivity contribution in [2.45, 2.75) is 9.79 Å². The number of ether oxygens (including phenoxy) is 2. The largest absolute Gasteiger partial charge is 0.461 e. The molecule has 1 aromatic carbocycles. The zero-order valence-corrected chi connectivity index (χ0v) is 14.1. The van der Waals surface area contributed by atoms with E-state index in [4.69, 9.17) is 0 Å². The van der Waals surface area contributed by atoms with Crippen LogP contribution < -0.4 is 0 Å². The van der Waals surface area contributed by atoms with Crippen LogP contribution in [-0.4, -0.2) is 36.7 Å². The maximum Gasteiger partial charge on any atom is 0.315 e. The molecule has 0 aromatic heterocycles. The lowest BCUT2D eigenvalue weighted by atomic mass is 10.4. The topological polar surface area (TPSA) is 52.6 Å². The number of benzene rings is 1. The first-order chi connectivity index (χ1) is 9.51. The van der Waals surface area contributed by atoms with Crippen LogP contribution in [0.4, 0.5) is 0 Å². The van der Waals surface area contributed by atoms with Gasteiger partial charge in [0.25, 0.3) is 0 Å². The van der Waals surface area contributed by atoms with E-state index in [1.165, 1.54) is 0 Å². The van der Waals surface area contributed by atoms with Gasteiger partial charge in [-0.25, -0.2) is 0 Å². The number of carbonyl (C=O) groups excluding carboxylic acids is 2. The Morgan fingerprint density at radius 3 is 1.45 bits per heavy atom. The average molecular weight is 353 g/mol. The normalized spacial score (nSPS) is 9.20. The molecule has 1 aromatic rings. The molecule has 0 N–H and O–H groups in total. The summed E-state index contributed by atoms with van der Waals surface area (Å²) in [4.78, 5) is 22.8. The lowest BCUT2D eigenvalue weighted by molar-refractivity contribution is -0.148. The summed E-state index contributed by atoms with van der Waals surface area (Å²) >= 11 is 15.6. The maximum atomic E-state index is 10.5. The van der Waals surface area contributed by atoms with E-state index in [-0.39, 0.29) is 24.7 Å². The molecule has 4 nitrogen and oxygen atoms in total. The predicted molar refractivity (Wildman–Crippen MR) is 90.6 cm³/mol. The van der Waals surface area contributed by atoms with Gasteiger partial charge >= 0.3 is 11.9 Å². The van der Waals surface area contributed by atoms with E-state index < -0.39 is 11.9 Å². The van der Waals surface area contributed by atoms with Crippen molar-refractivity contribution >= 4 is 62.5 Å². The minimum atomic E-state index is -0.430. The molecule has 0 amide bonds. The summed E-state index contributed by atoms with van der Waals surface area (Å²) in [5, 5.41) is 0. The maximum absolute atomic E-state index is 10.5. The van der Waals surface area contributed by atoms with Crippen LogP contribution in [0.3, 0.4) is 0 Å². The molecular weight excluding hydrogens is 336 g/mol. The molecule has 0 saturated heterocycles. The van der Waals surface area contributed by atoms with Crippen LogP contribution in [0, 0.1) is 0 Å². The van der Waals surface area contributed by atoms with Crippen LogP contribution >= 0.6 is 50.5 Å². The van der Waals surface area contributed by atoms with Crippen LogP contribution in [0.1, 0.15) is 0 Å². The van der Waals surface area contributed by atoms with E-state index in [2.05, 4.69) is 60.0 Å². The van der Waals surface area contributed by atoms with Crippen molar-refractivity contribution in [1.82, 2.24) is 0 Å². The summed E-state index contributed by atoms with van der Waals surface area (Å²) in [6.07, 6.45) is 0. The third-order valence-electron chi connectivity index (χ3n) is 1.75. The van der Waals surface area contributed by atoms with Gasteiger partial charge in [0.2, 0.25) is 0 Å². The summed E-state index contributed by atoms with van der Waals surface area (Å²) in [6, 6.07) is 7.68. The van der Waals surface area contributed by atoms with Crippen molar-refractivity contribution in [3.63, 3.8) is 0 Å². The Morgan fingerprint density at radius 1 is 0.850 bits per heavy atom. The van der Waals surface area contributed by atoms with Crippen molar-refractivity contribution < 1.29 is 19.1 Å². The highest BCUT2D eigenvalue weighted by Crippen LogP contribution is 2.15. The number of hydrogen-bond donors (Lipinski definition) is 4. The number of thiol groups is 4. The van der Waals surface area contributed by atoms with Crippen molar-refractivity contribution in [1.29, 1.82) is 0 Å². The molecule has 20 heavy (non-hydrogen) atoms. The first kappa shape index (κ1) is 19.6. The molecule has 0 spiro atoms. The van der Waals surface area contributed by atoms with E-state index in [0.717, 1.165) is 9.79 Å². The fraction of sp³-hybridized carbons (Fsp3) is 0.333. The van der Waals surface area contributed by atoms with Gasteiger partial charge in [0.15, 0.2) is 0 Å². The van der Waals surface area contributed by atoms with E-state index in [0.29, 0.717) is 0 Å². The Morgan fingerprint density at radius 2 is 1.20 bits per heavy atom. The molecule has 8 heteroatoms. The van der Waals surface area contributed by atoms with Gasteiger partial charge in [-0.3, -0.25) is 9.59 Å². The predicted octanol–water partition coefficient (Wildman–Crippen LogP) is 2.20. The van der Waals surface area contributed by atoms with Crippen molar-refractivity contribution in [3.8, 4) is 0 Å². The average Bonchev–Trinajstić information content (AvgIpc) is 2.46. The summed E-state index contributed by atoms with van der Waals surface area (Å²) in [6.45, 7) is 0.137. The lowest BCUT2D eigenvalue weighted by Crippen LogP contribution is -2.14. The van der Waals surface area contributed by atoms with Crippen LogP contribution in [0.15, 0.2) is 34.1 Å². The van der Waals surface area contributed by atoms with Crippen LogP contribution in [-0.2, 0) is 19.1 Å². The molecule has 0 atom stereocenters.